The Morgan fingerprint density at radius 1 is 0.457 bits per heavy atom. The van der Waals surface area contributed by atoms with E-state index in [4.69, 9.17) is 19.4 Å². The van der Waals surface area contributed by atoms with Crippen LogP contribution in [0.4, 0.5) is 0 Å². The van der Waals surface area contributed by atoms with Crippen molar-refractivity contribution in [2.24, 2.45) is 0 Å². The molecule has 0 saturated heterocycles. The van der Waals surface area contributed by atoms with Crippen molar-refractivity contribution in [3.8, 4) is 34.2 Å². The first-order valence-corrected chi connectivity index (χ1v) is 11.6. The average molecular weight is 450 g/mol. The maximum atomic E-state index is 6.39. The highest BCUT2D eigenvalue weighted by Crippen LogP contribution is 2.39. The number of furan rings is 1. The Morgan fingerprint density at radius 3 is 1.80 bits per heavy atom. The Hall–Kier alpha value is -4.83. The topological polar surface area (TPSA) is 51.8 Å². The smallest absolute Gasteiger partial charge is 0.164 e. The first kappa shape index (κ1) is 19.6. The van der Waals surface area contributed by atoms with Gasteiger partial charge in [-0.15, -0.1) is 0 Å². The lowest BCUT2D eigenvalue weighted by Crippen LogP contribution is -2.00. The van der Waals surface area contributed by atoms with E-state index < -0.39 is 0 Å². The highest BCUT2D eigenvalue weighted by atomic mass is 16.3. The molecule has 164 valence electrons. The Kier molecular flexibility index (Phi) is 4.42. The SMILES string of the molecule is c1ccc(-c2nc(-c3ccccc3)nc(-c3cccc4oc5c6ccccc6ccc5c34)n2)cc1. The quantitative estimate of drug-likeness (QED) is 0.275. The normalized spacial score (nSPS) is 11.4. The van der Waals surface area contributed by atoms with Gasteiger partial charge in [-0.1, -0.05) is 103 Å². The van der Waals surface area contributed by atoms with Crippen molar-refractivity contribution in [2.75, 3.05) is 0 Å². The summed E-state index contributed by atoms with van der Waals surface area (Å²) in [5.41, 5.74) is 4.52. The lowest BCUT2D eigenvalue weighted by molar-refractivity contribution is 0.672. The average Bonchev–Trinajstić information content (AvgIpc) is 3.33. The Morgan fingerprint density at radius 2 is 1.09 bits per heavy atom. The van der Waals surface area contributed by atoms with Crippen molar-refractivity contribution in [2.45, 2.75) is 0 Å². The fraction of sp³-hybridized carbons (Fsp3) is 0. The standard InChI is InChI=1S/C31H19N3O/c1-3-11-21(12-4-1)29-32-30(22-13-5-2-6-14-22)34-31(33-29)25-16-9-17-26-27(25)24-19-18-20-10-7-8-15-23(20)28(24)35-26/h1-19H. The van der Waals surface area contributed by atoms with E-state index in [1.807, 2.05) is 84.9 Å². The second-order valence-electron chi connectivity index (χ2n) is 8.48. The lowest BCUT2D eigenvalue weighted by atomic mass is 10.0. The van der Waals surface area contributed by atoms with E-state index in [9.17, 15) is 0 Å². The van der Waals surface area contributed by atoms with Crippen molar-refractivity contribution < 1.29 is 4.42 Å². The molecular formula is C31H19N3O. The molecule has 0 fully saturated rings. The van der Waals surface area contributed by atoms with Crippen LogP contribution in [0.25, 0.3) is 66.9 Å². The second-order valence-corrected chi connectivity index (χ2v) is 8.48. The van der Waals surface area contributed by atoms with Crippen molar-refractivity contribution in [3.63, 3.8) is 0 Å². The molecule has 0 unspecified atom stereocenters. The van der Waals surface area contributed by atoms with Gasteiger partial charge < -0.3 is 4.42 Å². The van der Waals surface area contributed by atoms with Gasteiger partial charge in [-0.2, -0.15) is 0 Å². The molecule has 0 bridgehead atoms. The molecular weight excluding hydrogens is 430 g/mol. The molecule has 0 spiro atoms. The molecule has 35 heavy (non-hydrogen) atoms. The summed E-state index contributed by atoms with van der Waals surface area (Å²) in [4.78, 5) is 14.7. The van der Waals surface area contributed by atoms with Crippen LogP contribution in [0, 0.1) is 0 Å². The van der Waals surface area contributed by atoms with E-state index in [1.165, 1.54) is 0 Å². The molecule has 7 rings (SSSR count). The predicted molar refractivity (Wildman–Crippen MR) is 141 cm³/mol. The van der Waals surface area contributed by atoms with Gasteiger partial charge in [-0.3, -0.25) is 0 Å². The molecule has 0 aliphatic heterocycles. The minimum absolute atomic E-state index is 0.624. The summed E-state index contributed by atoms with van der Waals surface area (Å²) in [6, 6.07) is 38.7. The van der Waals surface area contributed by atoms with E-state index in [0.29, 0.717) is 17.5 Å². The second kappa shape index (κ2) is 7.89. The summed E-state index contributed by atoms with van der Waals surface area (Å²) in [6.45, 7) is 0. The van der Waals surface area contributed by atoms with E-state index in [1.54, 1.807) is 0 Å². The Balaban J connectivity index is 1.53. The number of aromatic nitrogens is 3. The zero-order chi connectivity index (χ0) is 23.2. The molecule has 0 aliphatic rings. The van der Waals surface area contributed by atoms with Gasteiger partial charge in [0.15, 0.2) is 17.5 Å². The number of hydrogen-bond donors (Lipinski definition) is 0. The van der Waals surface area contributed by atoms with Gasteiger partial charge in [0.1, 0.15) is 11.2 Å². The summed E-state index contributed by atoms with van der Waals surface area (Å²) >= 11 is 0. The van der Waals surface area contributed by atoms with Gasteiger partial charge in [0.2, 0.25) is 0 Å². The monoisotopic (exact) mass is 449 g/mol. The molecule has 2 aromatic heterocycles. The Labute approximate surface area is 201 Å². The van der Waals surface area contributed by atoms with E-state index in [-0.39, 0.29) is 0 Å². The molecule has 0 aliphatic carbocycles. The molecule has 0 saturated carbocycles. The molecule has 0 amide bonds. The highest BCUT2D eigenvalue weighted by molar-refractivity contribution is 6.18. The molecule has 0 radical (unpaired) electrons. The number of benzene rings is 5. The molecule has 5 aromatic carbocycles. The first-order chi connectivity index (χ1) is 17.3. The van der Waals surface area contributed by atoms with Crippen LogP contribution in [-0.2, 0) is 0 Å². The van der Waals surface area contributed by atoms with Crippen LogP contribution in [0.1, 0.15) is 0 Å². The van der Waals surface area contributed by atoms with Gasteiger partial charge >= 0.3 is 0 Å². The summed E-state index contributed by atoms with van der Waals surface area (Å²) in [5, 5.41) is 4.31. The van der Waals surface area contributed by atoms with Crippen molar-refractivity contribution >= 4 is 32.7 Å². The minimum atomic E-state index is 0.624. The van der Waals surface area contributed by atoms with Gasteiger partial charge in [0, 0.05) is 32.8 Å². The fourth-order valence-corrected chi connectivity index (χ4v) is 4.67. The fourth-order valence-electron chi connectivity index (χ4n) is 4.67. The summed E-state index contributed by atoms with van der Waals surface area (Å²) in [7, 11) is 0. The van der Waals surface area contributed by atoms with Crippen LogP contribution in [0.2, 0.25) is 0 Å². The molecule has 4 heteroatoms. The minimum Gasteiger partial charge on any atom is -0.455 e. The molecule has 4 nitrogen and oxygen atoms in total. The Bertz CT molecular complexity index is 1780. The zero-order valence-electron chi connectivity index (χ0n) is 18.7. The van der Waals surface area contributed by atoms with Crippen LogP contribution < -0.4 is 0 Å². The number of fused-ring (bicyclic) bond motifs is 5. The van der Waals surface area contributed by atoms with Crippen LogP contribution in [-0.4, -0.2) is 15.0 Å². The van der Waals surface area contributed by atoms with Crippen molar-refractivity contribution in [1.29, 1.82) is 0 Å². The van der Waals surface area contributed by atoms with Crippen LogP contribution >= 0.6 is 0 Å². The summed E-state index contributed by atoms with van der Waals surface area (Å²) in [6.07, 6.45) is 0. The maximum Gasteiger partial charge on any atom is 0.164 e. The third-order valence-corrected chi connectivity index (χ3v) is 6.33. The van der Waals surface area contributed by atoms with Crippen LogP contribution in [0.3, 0.4) is 0 Å². The largest absolute Gasteiger partial charge is 0.455 e. The molecule has 0 N–H and O–H groups in total. The van der Waals surface area contributed by atoms with Crippen LogP contribution in [0.15, 0.2) is 120 Å². The predicted octanol–water partition coefficient (Wildman–Crippen LogP) is 7.93. The molecule has 7 aromatic rings. The molecule has 0 atom stereocenters. The van der Waals surface area contributed by atoms with Gasteiger partial charge in [0.25, 0.3) is 0 Å². The zero-order valence-corrected chi connectivity index (χ0v) is 18.7. The third kappa shape index (κ3) is 3.27. The van der Waals surface area contributed by atoms with Gasteiger partial charge in [-0.05, 0) is 17.5 Å². The maximum absolute atomic E-state index is 6.39. The van der Waals surface area contributed by atoms with E-state index >= 15 is 0 Å². The molecule has 2 heterocycles. The summed E-state index contributed by atoms with van der Waals surface area (Å²) in [5.74, 6) is 1.91. The van der Waals surface area contributed by atoms with E-state index in [0.717, 1.165) is 49.4 Å². The first-order valence-electron chi connectivity index (χ1n) is 11.6. The van der Waals surface area contributed by atoms with Crippen molar-refractivity contribution in [3.05, 3.63) is 115 Å². The van der Waals surface area contributed by atoms with Crippen LogP contribution in [0.5, 0.6) is 0 Å². The number of rotatable bonds is 3. The number of hydrogen-bond acceptors (Lipinski definition) is 4. The van der Waals surface area contributed by atoms with Gasteiger partial charge in [0.05, 0.1) is 0 Å². The van der Waals surface area contributed by atoms with E-state index in [2.05, 4.69) is 30.3 Å². The lowest BCUT2D eigenvalue weighted by Gasteiger charge is -2.09. The van der Waals surface area contributed by atoms with Crippen molar-refractivity contribution in [1.82, 2.24) is 15.0 Å². The third-order valence-electron chi connectivity index (χ3n) is 6.33. The summed E-state index contributed by atoms with van der Waals surface area (Å²) < 4.78 is 6.39. The number of nitrogens with zero attached hydrogens (tertiary/aromatic N) is 3. The highest BCUT2D eigenvalue weighted by Gasteiger charge is 2.18. The van der Waals surface area contributed by atoms with Gasteiger partial charge in [-0.25, -0.2) is 15.0 Å².